The van der Waals surface area contributed by atoms with Gasteiger partial charge in [-0.15, -0.1) is 0 Å². The summed E-state index contributed by atoms with van der Waals surface area (Å²) < 4.78 is 0. The molecule has 6 nitrogen and oxygen atoms in total. The number of aryl methyl sites for hydroxylation is 1. The molecule has 32 heavy (non-hydrogen) atoms. The van der Waals surface area contributed by atoms with Crippen LogP contribution in [0.25, 0.3) is 0 Å². The average Bonchev–Trinajstić information content (AvgIpc) is 3.34. The Morgan fingerprint density at radius 1 is 1.09 bits per heavy atom. The number of hydrogen-bond donors (Lipinski definition) is 2. The lowest BCUT2D eigenvalue weighted by atomic mass is 9.75. The molecule has 7 heteroatoms. The smallest absolute Gasteiger partial charge is 0.291 e. The van der Waals surface area contributed by atoms with E-state index in [1.165, 1.54) is 4.90 Å². The van der Waals surface area contributed by atoms with Crippen LogP contribution in [0.3, 0.4) is 0 Å². The van der Waals surface area contributed by atoms with Crippen molar-refractivity contribution in [3.63, 3.8) is 0 Å². The van der Waals surface area contributed by atoms with Crippen molar-refractivity contribution in [1.82, 2.24) is 4.90 Å². The first kappa shape index (κ1) is 21.2. The van der Waals surface area contributed by atoms with Crippen LogP contribution in [0.15, 0.2) is 36.4 Å². The maximum atomic E-state index is 13.8. The van der Waals surface area contributed by atoms with Crippen LogP contribution < -0.4 is 10.6 Å². The number of nitrogens with zero attached hydrogens (tertiary/aromatic N) is 1. The van der Waals surface area contributed by atoms with Gasteiger partial charge in [0.1, 0.15) is 17.9 Å². The van der Waals surface area contributed by atoms with Gasteiger partial charge in [0.25, 0.3) is 5.91 Å². The molecule has 0 saturated carbocycles. The van der Waals surface area contributed by atoms with Crippen LogP contribution in [0.4, 0.5) is 5.69 Å². The third kappa shape index (κ3) is 2.66. The van der Waals surface area contributed by atoms with Crippen molar-refractivity contribution in [3.05, 3.63) is 63.7 Å². The van der Waals surface area contributed by atoms with Crippen molar-refractivity contribution in [2.75, 3.05) is 5.32 Å². The van der Waals surface area contributed by atoms with Gasteiger partial charge in [-0.3, -0.25) is 19.3 Å². The van der Waals surface area contributed by atoms with Crippen molar-refractivity contribution in [2.45, 2.75) is 45.8 Å². The Labute approximate surface area is 192 Å². The maximum absolute atomic E-state index is 13.8. The minimum Gasteiger partial charge on any atom is -0.326 e. The second-order valence-corrected chi connectivity index (χ2v) is 10.0. The molecule has 2 saturated heterocycles. The fourth-order valence-corrected chi connectivity index (χ4v) is 6.02. The number of rotatable bonds is 3. The number of halogens is 1. The van der Waals surface area contributed by atoms with Crippen molar-refractivity contribution in [2.24, 2.45) is 17.8 Å². The number of carbonyl (C=O) groups excluding carboxylic acids is 3. The van der Waals surface area contributed by atoms with Gasteiger partial charge in [0.2, 0.25) is 17.4 Å². The highest BCUT2D eigenvalue weighted by molar-refractivity contribution is 6.31. The Morgan fingerprint density at radius 3 is 2.50 bits per heavy atom. The molecule has 3 amide bonds. The molecule has 3 aliphatic heterocycles. The van der Waals surface area contributed by atoms with Crippen molar-refractivity contribution >= 4 is 35.0 Å². The predicted molar refractivity (Wildman–Crippen MR) is 121 cm³/mol. The summed E-state index contributed by atoms with van der Waals surface area (Å²) in [7, 11) is 0. The lowest BCUT2D eigenvalue weighted by molar-refractivity contribution is -0.738. The molecule has 0 unspecified atom stereocenters. The molecule has 1 spiro atoms. The maximum Gasteiger partial charge on any atom is 0.291 e. The van der Waals surface area contributed by atoms with Crippen LogP contribution in [-0.2, 0) is 26.5 Å². The van der Waals surface area contributed by atoms with E-state index in [1.54, 1.807) is 6.07 Å². The Morgan fingerprint density at radius 2 is 1.81 bits per heavy atom. The van der Waals surface area contributed by atoms with Gasteiger partial charge < -0.3 is 10.6 Å². The largest absolute Gasteiger partial charge is 0.326 e. The fraction of sp³-hybridized carbons (Fsp3) is 0.400. The molecule has 2 aromatic carbocycles. The SMILES string of the molecule is Cc1ccc2c(c1C)NC(=O)[C@@]21[NH2+][C@H](C(C)C)[C@H]2C(=O)N(Cc3ccccc3Cl)C(=O)[C@H]21. The molecule has 0 radical (unpaired) electrons. The number of carbonyl (C=O) groups is 3. The lowest BCUT2D eigenvalue weighted by Gasteiger charge is -2.27. The third-order valence-electron chi connectivity index (χ3n) is 7.65. The number of imide groups is 1. The number of hydrogen-bond acceptors (Lipinski definition) is 3. The molecule has 5 rings (SSSR count). The summed E-state index contributed by atoms with van der Waals surface area (Å²) in [6.07, 6.45) is 0. The molecule has 0 aliphatic carbocycles. The Balaban J connectivity index is 1.64. The second-order valence-electron chi connectivity index (χ2n) is 9.60. The highest BCUT2D eigenvalue weighted by Crippen LogP contribution is 2.51. The van der Waals surface area contributed by atoms with Gasteiger partial charge >= 0.3 is 0 Å². The van der Waals surface area contributed by atoms with Crippen LogP contribution in [0.2, 0.25) is 5.02 Å². The quantitative estimate of drug-likeness (QED) is 0.702. The first-order chi connectivity index (χ1) is 15.2. The molecular formula is C25H27ClN3O3+. The molecule has 3 heterocycles. The van der Waals surface area contributed by atoms with E-state index in [9.17, 15) is 14.4 Å². The lowest BCUT2D eigenvalue weighted by Crippen LogP contribution is -2.99. The molecule has 3 N–H and O–H groups in total. The zero-order chi connectivity index (χ0) is 22.9. The van der Waals surface area contributed by atoms with Gasteiger partial charge in [0.05, 0.1) is 12.2 Å². The first-order valence-electron chi connectivity index (χ1n) is 11.0. The number of anilines is 1. The molecule has 166 valence electrons. The van der Waals surface area contributed by atoms with E-state index in [1.807, 2.05) is 63.3 Å². The van der Waals surface area contributed by atoms with Crippen LogP contribution in [0, 0.1) is 31.6 Å². The van der Waals surface area contributed by atoms with E-state index in [2.05, 4.69) is 5.32 Å². The van der Waals surface area contributed by atoms with E-state index in [-0.39, 0.29) is 36.2 Å². The zero-order valence-electron chi connectivity index (χ0n) is 18.6. The molecule has 2 fully saturated rings. The molecule has 4 atom stereocenters. The Bertz CT molecular complexity index is 1180. The zero-order valence-corrected chi connectivity index (χ0v) is 19.4. The summed E-state index contributed by atoms with van der Waals surface area (Å²) in [5.74, 6) is -1.89. The molecule has 2 aromatic rings. The van der Waals surface area contributed by atoms with Crippen LogP contribution >= 0.6 is 11.6 Å². The summed E-state index contributed by atoms with van der Waals surface area (Å²) in [4.78, 5) is 42.3. The van der Waals surface area contributed by atoms with Crippen molar-refractivity contribution in [1.29, 1.82) is 0 Å². The summed E-state index contributed by atoms with van der Waals surface area (Å²) in [6.45, 7) is 8.18. The van der Waals surface area contributed by atoms with Crippen LogP contribution in [0.1, 0.15) is 36.1 Å². The number of nitrogens with one attached hydrogen (secondary N) is 1. The van der Waals surface area contributed by atoms with Gasteiger partial charge in [0, 0.05) is 16.5 Å². The van der Waals surface area contributed by atoms with Crippen LogP contribution in [0.5, 0.6) is 0 Å². The number of nitrogens with two attached hydrogens (primary N) is 1. The van der Waals surface area contributed by atoms with E-state index in [0.29, 0.717) is 5.02 Å². The minimum atomic E-state index is -1.13. The van der Waals surface area contributed by atoms with E-state index < -0.39 is 17.4 Å². The number of quaternary nitrogens is 1. The van der Waals surface area contributed by atoms with Crippen molar-refractivity contribution in [3.8, 4) is 0 Å². The second kappa shape index (κ2) is 7.15. The highest BCUT2D eigenvalue weighted by atomic mass is 35.5. The fourth-order valence-electron chi connectivity index (χ4n) is 5.82. The molecular weight excluding hydrogens is 426 g/mol. The first-order valence-corrected chi connectivity index (χ1v) is 11.4. The van der Waals surface area contributed by atoms with Crippen molar-refractivity contribution < 1.29 is 19.7 Å². The molecule has 3 aliphatic rings. The van der Waals surface area contributed by atoms with E-state index in [0.717, 1.165) is 27.9 Å². The summed E-state index contributed by atoms with van der Waals surface area (Å²) in [6, 6.07) is 11.0. The summed E-state index contributed by atoms with van der Waals surface area (Å²) in [5.41, 5.74) is 3.25. The van der Waals surface area contributed by atoms with E-state index >= 15 is 0 Å². The Kier molecular flexibility index (Phi) is 4.73. The number of benzene rings is 2. The Hall–Kier alpha value is -2.70. The van der Waals surface area contributed by atoms with Gasteiger partial charge in [-0.1, -0.05) is 49.7 Å². The number of amides is 3. The van der Waals surface area contributed by atoms with Crippen LogP contribution in [-0.4, -0.2) is 28.7 Å². The number of likely N-dealkylation sites (tertiary alicyclic amines) is 1. The molecule has 0 bridgehead atoms. The standard InChI is InChI=1S/C25H26ClN3O3/c1-12(2)20-18-19(23(31)29(22(18)30)11-15-7-5-6-8-17(15)26)25(28-20)16-10-9-13(3)14(4)21(16)27-24(25)32/h5-10,12,18-20,28H,11H2,1-4H3,(H,27,32)/p+1/t18-,19-,20+,25+/m0/s1. The van der Waals surface area contributed by atoms with E-state index in [4.69, 9.17) is 11.6 Å². The summed E-state index contributed by atoms with van der Waals surface area (Å²) >= 11 is 6.32. The average molecular weight is 453 g/mol. The topological polar surface area (TPSA) is 83.1 Å². The van der Waals surface area contributed by atoms with Gasteiger partial charge in [-0.25, -0.2) is 0 Å². The normalized spacial score (nSPS) is 28.6. The van der Waals surface area contributed by atoms with Gasteiger partial charge in [0.15, 0.2) is 0 Å². The van der Waals surface area contributed by atoms with Gasteiger partial charge in [-0.2, -0.15) is 0 Å². The summed E-state index contributed by atoms with van der Waals surface area (Å²) in [5, 5.41) is 5.55. The number of fused-ring (bicyclic) bond motifs is 4. The monoisotopic (exact) mass is 452 g/mol. The van der Waals surface area contributed by atoms with Gasteiger partial charge in [-0.05, 0) is 42.7 Å². The molecule has 0 aromatic heterocycles. The third-order valence-corrected chi connectivity index (χ3v) is 8.02. The highest BCUT2D eigenvalue weighted by Gasteiger charge is 2.74. The minimum absolute atomic E-state index is 0.113. The predicted octanol–water partition coefficient (Wildman–Crippen LogP) is 2.51.